The highest BCUT2D eigenvalue weighted by molar-refractivity contribution is 9.10. The van der Waals surface area contributed by atoms with Crippen LogP contribution in [0.3, 0.4) is 0 Å². The molecule has 1 aromatic carbocycles. The second-order valence-corrected chi connectivity index (χ2v) is 6.48. The molecule has 1 unspecified atom stereocenters. The summed E-state index contributed by atoms with van der Waals surface area (Å²) in [6.45, 7) is 1.13. The Morgan fingerprint density at radius 2 is 2.05 bits per heavy atom. The third kappa shape index (κ3) is 4.88. The second kappa shape index (κ2) is 6.57. The second-order valence-electron chi connectivity index (χ2n) is 5.62. The summed E-state index contributed by atoms with van der Waals surface area (Å²) in [5.41, 5.74) is 7.59. The number of hydrogen-bond acceptors (Lipinski definition) is 2. The van der Waals surface area contributed by atoms with E-state index in [-0.39, 0.29) is 12.1 Å². The van der Waals surface area contributed by atoms with Crippen molar-refractivity contribution in [2.75, 3.05) is 11.4 Å². The number of nitrogens with zero attached hydrogens (tertiary/aromatic N) is 1. The normalized spacial score (nSPS) is 16.9. The van der Waals surface area contributed by atoms with Gasteiger partial charge in [0.1, 0.15) is 6.54 Å². The number of rotatable bonds is 6. The number of nitrogens with two attached hydrogens (primary N) is 1. The first-order valence-corrected chi connectivity index (χ1v) is 7.97. The smallest absolute Gasteiger partial charge is 0.359 e. The molecule has 1 atom stereocenters. The Hall–Kier alpha value is -0.750. The van der Waals surface area contributed by atoms with Crippen LogP contribution in [0.4, 0.5) is 18.9 Å². The van der Waals surface area contributed by atoms with Gasteiger partial charge < -0.3 is 10.6 Å². The molecule has 6 heteroatoms. The predicted molar refractivity (Wildman–Crippen MR) is 82.5 cm³/mol. The first kappa shape index (κ1) is 16.6. The minimum absolute atomic E-state index is 0.0160. The van der Waals surface area contributed by atoms with Crippen LogP contribution in [0.5, 0.6) is 0 Å². The van der Waals surface area contributed by atoms with Crippen molar-refractivity contribution in [1.82, 2.24) is 0 Å². The fourth-order valence-electron chi connectivity index (χ4n) is 2.32. The Kier molecular flexibility index (Phi) is 5.20. The van der Waals surface area contributed by atoms with Gasteiger partial charge in [0.15, 0.2) is 0 Å². The molecule has 118 valence electrons. The Morgan fingerprint density at radius 1 is 1.38 bits per heavy atom. The van der Waals surface area contributed by atoms with E-state index in [2.05, 4.69) is 15.9 Å². The van der Waals surface area contributed by atoms with Gasteiger partial charge in [-0.3, -0.25) is 0 Å². The minimum atomic E-state index is -4.18. The Bertz CT molecular complexity index is 486. The summed E-state index contributed by atoms with van der Waals surface area (Å²) in [7, 11) is 0. The van der Waals surface area contributed by atoms with Gasteiger partial charge in [-0.15, -0.1) is 0 Å². The van der Waals surface area contributed by atoms with E-state index in [0.29, 0.717) is 5.69 Å². The van der Waals surface area contributed by atoms with Crippen molar-refractivity contribution in [1.29, 1.82) is 0 Å². The lowest BCUT2D eigenvalue weighted by molar-refractivity contribution is -0.120. The van der Waals surface area contributed by atoms with E-state index in [1.807, 2.05) is 13.0 Å². The third-order valence-corrected chi connectivity index (χ3v) is 4.45. The lowest BCUT2D eigenvalue weighted by atomic mass is 10.0. The predicted octanol–water partition coefficient (Wildman–Crippen LogP) is 4.26. The van der Waals surface area contributed by atoms with E-state index >= 15 is 0 Å². The number of benzene rings is 1. The van der Waals surface area contributed by atoms with Crippen molar-refractivity contribution in [2.45, 2.75) is 50.9 Å². The number of halogens is 4. The van der Waals surface area contributed by atoms with Gasteiger partial charge >= 0.3 is 6.18 Å². The highest BCUT2D eigenvalue weighted by Crippen LogP contribution is 2.36. The molecule has 2 rings (SSSR count). The fraction of sp³-hybridized carbons (Fsp3) is 0.600. The first-order valence-electron chi connectivity index (χ1n) is 7.17. The SMILES string of the molecule is CCC(N)Cc1ccc(N(CC(F)(F)F)C2CC2)cc1Br. The number of anilines is 1. The lowest BCUT2D eigenvalue weighted by Crippen LogP contribution is -2.36. The third-order valence-electron chi connectivity index (χ3n) is 3.71. The van der Waals surface area contributed by atoms with Crippen LogP contribution in [-0.2, 0) is 6.42 Å². The monoisotopic (exact) mass is 364 g/mol. The molecule has 0 heterocycles. The molecule has 21 heavy (non-hydrogen) atoms. The maximum atomic E-state index is 12.7. The van der Waals surface area contributed by atoms with Gasteiger partial charge in [0, 0.05) is 22.2 Å². The molecule has 2 N–H and O–H groups in total. The van der Waals surface area contributed by atoms with E-state index in [1.165, 1.54) is 4.90 Å². The van der Waals surface area contributed by atoms with Gasteiger partial charge in [0.05, 0.1) is 0 Å². The largest absolute Gasteiger partial charge is 0.405 e. The summed E-state index contributed by atoms with van der Waals surface area (Å²) in [5.74, 6) is 0. The Labute approximate surface area is 131 Å². The van der Waals surface area contributed by atoms with Crippen molar-refractivity contribution in [3.05, 3.63) is 28.2 Å². The van der Waals surface area contributed by atoms with Crippen molar-refractivity contribution in [2.24, 2.45) is 5.73 Å². The quantitative estimate of drug-likeness (QED) is 0.816. The zero-order valence-electron chi connectivity index (χ0n) is 12.0. The van der Waals surface area contributed by atoms with E-state index in [0.717, 1.165) is 35.7 Å². The molecule has 1 fully saturated rings. The molecule has 0 amide bonds. The maximum absolute atomic E-state index is 12.7. The van der Waals surface area contributed by atoms with Gasteiger partial charge in [-0.25, -0.2) is 0 Å². The summed E-state index contributed by atoms with van der Waals surface area (Å²) >= 11 is 3.46. The van der Waals surface area contributed by atoms with Crippen LogP contribution in [-0.4, -0.2) is 24.8 Å². The number of alkyl halides is 3. The molecule has 1 saturated carbocycles. The molecule has 0 saturated heterocycles. The van der Waals surface area contributed by atoms with Crippen molar-refractivity contribution < 1.29 is 13.2 Å². The molecule has 0 spiro atoms. The molecule has 1 aliphatic rings. The van der Waals surface area contributed by atoms with Crippen LogP contribution < -0.4 is 10.6 Å². The van der Waals surface area contributed by atoms with E-state index in [9.17, 15) is 13.2 Å². The zero-order valence-corrected chi connectivity index (χ0v) is 13.5. The van der Waals surface area contributed by atoms with E-state index < -0.39 is 12.7 Å². The molecular weight excluding hydrogens is 345 g/mol. The Balaban J connectivity index is 2.16. The average molecular weight is 365 g/mol. The molecule has 0 aliphatic heterocycles. The first-order chi connectivity index (χ1) is 9.80. The van der Waals surface area contributed by atoms with Crippen LogP contribution in [0.15, 0.2) is 22.7 Å². The van der Waals surface area contributed by atoms with Crippen LogP contribution in [0.2, 0.25) is 0 Å². The lowest BCUT2D eigenvalue weighted by Gasteiger charge is -2.26. The van der Waals surface area contributed by atoms with Crippen LogP contribution in [0.1, 0.15) is 31.7 Å². The summed E-state index contributed by atoms with van der Waals surface area (Å²) in [6, 6.07) is 5.51. The van der Waals surface area contributed by atoms with Gasteiger partial charge in [0.25, 0.3) is 0 Å². The summed E-state index contributed by atoms with van der Waals surface area (Å²) in [4.78, 5) is 1.45. The van der Waals surface area contributed by atoms with Crippen molar-refractivity contribution in [3.8, 4) is 0 Å². The van der Waals surface area contributed by atoms with Gasteiger partial charge in [-0.2, -0.15) is 13.2 Å². The standard InChI is InChI=1S/C15H20BrF3N2/c1-2-11(20)7-10-3-4-13(8-14(10)16)21(12-5-6-12)9-15(17,18)19/h3-4,8,11-12H,2,5-7,9,20H2,1H3. The summed E-state index contributed by atoms with van der Waals surface area (Å²) in [6.07, 6.45) is -0.929. The number of hydrogen-bond donors (Lipinski definition) is 1. The maximum Gasteiger partial charge on any atom is 0.405 e. The molecule has 1 aromatic rings. The van der Waals surface area contributed by atoms with E-state index in [1.54, 1.807) is 12.1 Å². The van der Waals surface area contributed by atoms with Gasteiger partial charge in [-0.1, -0.05) is 28.9 Å². The molecule has 0 radical (unpaired) electrons. The van der Waals surface area contributed by atoms with Crippen molar-refractivity contribution >= 4 is 21.6 Å². The Morgan fingerprint density at radius 3 is 2.52 bits per heavy atom. The van der Waals surface area contributed by atoms with Gasteiger partial charge in [-0.05, 0) is 43.4 Å². The van der Waals surface area contributed by atoms with E-state index in [4.69, 9.17) is 5.73 Å². The summed E-state index contributed by atoms with van der Waals surface area (Å²) in [5, 5.41) is 0. The molecule has 0 bridgehead atoms. The van der Waals surface area contributed by atoms with Gasteiger partial charge in [0.2, 0.25) is 0 Å². The van der Waals surface area contributed by atoms with Crippen LogP contribution in [0, 0.1) is 0 Å². The average Bonchev–Trinajstić information content (AvgIpc) is 3.21. The zero-order chi connectivity index (χ0) is 15.6. The minimum Gasteiger partial charge on any atom is -0.359 e. The fourth-order valence-corrected chi connectivity index (χ4v) is 2.85. The molecule has 0 aromatic heterocycles. The van der Waals surface area contributed by atoms with Crippen LogP contribution in [0.25, 0.3) is 0 Å². The summed E-state index contributed by atoms with van der Waals surface area (Å²) < 4.78 is 39.0. The van der Waals surface area contributed by atoms with Crippen molar-refractivity contribution in [3.63, 3.8) is 0 Å². The highest BCUT2D eigenvalue weighted by Gasteiger charge is 2.38. The highest BCUT2D eigenvalue weighted by atomic mass is 79.9. The molecule has 1 aliphatic carbocycles. The van der Waals surface area contributed by atoms with Crippen LogP contribution >= 0.6 is 15.9 Å². The topological polar surface area (TPSA) is 29.3 Å². The molecular formula is C15H20BrF3N2. The molecule has 2 nitrogen and oxygen atoms in total.